The van der Waals surface area contributed by atoms with E-state index in [9.17, 15) is 9.90 Å². The summed E-state index contributed by atoms with van der Waals surface area (Å²) in [6.45, 7) is 2.36. The van der Waals surface area contributed by atoms with Crippen molar-refractivity contribution in [1.82, 2.24) is 9.88 Å². The van der Waals surface area contributed by atoms with Gasteiger partial charge < -0.3 is 15.2 Å². The van der Waals surface area contributed by atoms with Gasteiger partial charge in [0.25, 0.3) is 5.56 Å². The second kappa shape index (κ2) is 9.55. The molecule has 2 atom stereocenters. The molecule has 6 heteroatoms. The Morgan fingerprint density at radius 1 is 1.07 bits per heavy atom. The lowest BCUT2D eigenvalue weighted by Gasteiger charge is -2.20. The van der Waals surface area contributed by atoms with E-state index in [2.05, 4.69) is 12.2 Å². The number of nitrogens with one attached hydrogen (secondary N) is 1. The van der Waals surface area contributed by atoms with Crippen molar-refractivity contribution in [2.45, 2.75) is 25.6 Å². The maximum atomic E-state index is 12.2. The van der Waals surface area contributed by atoms with Crippen LogP contribution in [-0.4, -0.2) is 29.4 Å². The topological polar surface area (TPSA) is 63.5 Å². The van der Waals surface area contributed by atoms with Gasteiger partial charge in [-0.2, -0.15) is 0 Å². The van der Waals surface area contributed by atoms with E-state index in [0.29, 0.717) is 6.54 Å². The largest absolute Gasteiger partial charge is 0.497 e. The van der Waals surface area contributed by atoms with Crippen molar-refractivity contribution in [2.24, 2.45) is 0 Å². The van der Waals surface area contributed by atoms with Gasteiger partial charge in [-0.05, 0) is 48.6 Å². The smallest absolute Gasteiger partial charge is 0.253 e. The van der Waals surface area contributed by atoms with Gasteiger partial charge in [0.1, 0.15) is 12.0 Å². The van der Waals surface area contributed by atoms with E-state index in [4.69, 9.17) is 4.74 Å². The van der Waals surface area contributed by atoms with Crippen LogP contribution in [0.5, 0.6) is 5.75 Å². The van der Waals surface area contributed by atoms with Gasteiger partial charge in [0, 0.05) is 18.7 Å². The number of aromatic nitrogens is 1. The molecule has 144 valence electrons. The Bertz CT molecular complexity index is 925. The van der Waals surface area contributed by atoms with Gasteiger partial charge in [0.15, 0.2) is 0 Å². The normalized spacial score (nSPS) is 13.0. The molecule has 0 amide bonds. The highest BCUT2D eigenvalue weighted by Gasteiger charge is 2.13. The number of fused-ring (bicyclic) bond motifs is 1. The first-order valence-electron chi connectivity index (χ1n) is 8.73. The third kappa shape index (κ3) is 5.10. The van der Waals surface area contributed by atoms with Crippen molar-refractivity contribution in [2.75, 3.05) is 13.7 Å². The Balaban J connectivity index is 0.00000261. The average molecular weight is 389 g/mol. The minimum Gasteiger partial charge on any atom is -0.497 e. The highest BCUT2D eigenvalue weighted by molar-refractivity contribution is 5.85. The Labute approximate surface area is 165 Å². The van der Waals surface area contributed by atoms with E-state index in [-0.39, 0.29) is 24.0 Å². The van der Waals surface area contributed by atoms with Gasteiger partial charge >= 0.3 is 0 Å². The van der Waals surface area contributed by atoms with E-state index in [1.165, 1.54) is 16.2 Å². The average Bonchev–Trinajstić information content (AvgIpc) is 2.66. The van der Waals surface area contributed by atoms with Crippen molar-refractivity contribution in [3.63, 3.8) is 0 Å². The first kappa shape index (κ1) is 21.0. The zero-order valence-corrected chi connectivity index (χ0v) is 16.3. The second-order valence-electron chi connectivity index (χ2n) is 6.44. The summed E-state index contributed by atoms with van der Waals surface area (Å²) in [6, 6.07) is 18.9. The van der Waals surface area contributed by atoms with Gasteiger partial charge in [-0.15, -0.1) is 12.4 Å². The molecule has 0 radical (unpaired) electrons. The first-order chi connectivity index (χ1) is 12.6. The van der Waals surface area contributed by atoms with Crippen LogP contribution >= 0.6 is 12.4 Å². The third-order valence-corrected chi connectivity index (χ3v) is 4.49. The zero-order valence-electron chi connectivity index (χ0n) is 15.5. The number of nitrogens with zero attached hydrogens (tertiary/aromatic N) is 1. The fraction of sp³-hybridized carbons (Fsp3) is 0.286. The van der Waals surface area contributed by atoms with E-state index in [1.54, 1.807) is 13.2 Å². The molecule has 0 aliphatic heterocycles. The summed E-state index contributed by atoms with van der Waals surface area (Å²) >= 11 is 0. The molecule has 0 spiro atoms. The molecular weight excluding hydrogens is 364 g/mol. The molecule has 0 bridgehead atoms. The minimum absolute atomic E-state index is 0. The van der Waals surface area contributed by atoms with Crippen LogP contribution in [0.3, 0.4) is 0 Å². The standard InChI is InChI=1S/C21H24N2O3.ClH/c1-15(13-16-7-10-18(26-2)11-8-16)22-14-21(25)23-19-6-4-3-5-17(19)9-12-20(23)24;/h3-12,15,21-22,25H,13-14H2,1-2H3;1H/t15-,21-;/m1./s1. The van der Waals surface area contributed by atoms with Gasteiger partial charge in [-0.3, -0.25) is 9.36 Å². The molecule has 0 aliphatic carbocycles. The van der Waals surface area contributed by atoms with E-state index < -0.39 is 6.23 Å². The third-order valence-electron chi connectivity index (χ3n) is 4.49. The highest BCUT2D eigenvalue weighted by Crippen LogP contribution is 2.15. The molecule has 1 heterocycles. The van der Waals surface area contributed by atoms with Crippen LogP contribution in [0.4, 0.5) is 0 Å². The number of aliphatic hydroxyl groups excluding tert-OH is 1. The Hall–Kier alpha value is -2.34. The molecule has 27 heavy (non-hydrogen) atoms. The van der Waals surface area contributed by atoms with Crippen LogP contribution in [0.1, 0.15) is 18.7 Å². The molecule has 2 aromatic carbocycles. The summed E-state index contributed by atoms with van der Waals surface area (Å²) < 4.78 is 6.60. The fourth-order valence-corrected chi connectivity index (χ4v) is 3.10. The van der Waals surface area contributed by atoms with E-state index in [0.717, 1.165) is 23.1 Å². The number of rotatable bonds is 7. The van der Waals surface area contributed by atoms with Crippen LogP contribution < -0.4 is 15.6 Å². The lowest BCUT2D eigenvalue weighted by Crippen LogP contribution is -2.36. The first-order valence-corrected chi connectivity index (χ1v) is 8.73. The predicted octanol–water partition coefficient (Wildman–Crippen LogP) is 3.14. The van der Waals surface area contributed by atoms with Crippen molar-refractivity contribution >= 4 is 23.3 Å². The molecule has 3 aromatic rings. The van der Waals surface area contributed by atoms with Gasteiger partial charge in [-0.25, -0.2) is 0 Å². The van der Waals surface area contributed by atoms with Crippen LogP contribution in [0, 0.1) is 0 Å². The summed E-state index contributed by atoms with van der Waals surface area (Å²) in [4.78, 5) is 12.2. The molecule has 0 fully saturated rings. The molecule has 0 saturated heterocycles. The molecule has 3 rings (SSSR count). The van der Waals surface area contributed by atoms with Gasteiger partial charge in [-0.1, -0.05) is 30.3 Å². The van der Waals surface area contributed by atoms with E-state index in [1.807, 2.05) is 48.5 Å². The summed E-state index contributed by atoms with van der Waals surface area (Å²) in [6.07, 6.45) is -0.104. The molecule has 2 N–H and O–H groups in total. The van der Waals surface area contributed by atoms with Crippen molar-refractivity contribution in [3.8, 4) is 5.75 Å². The number of hydrogen-bond acceptors (Lipinski definition) is 4. The monoisotopic (exact) mass is 388 g/mol. The Kier molecular flexibility index (Phi) is 7.42. The molecule has 0 unspecified atom stereocenters. The van der Waals surface area contributed by atoms with Gasteiger partial charge in [0.2, 0.25) is 0 Å². The summed E-state index contributed by atoms with van der Waals surface area (Å²) in [5.74, 6) is 0.833. The number of methoxy groups -OCH3 is 1. The van der Waals surface area contributed by atoms with Crippen LogP contribution in [0.25, 0.3) is 10.9 Å². The lowest BCUT2D eigenvalue weighted by atomic mass is 10.1. The second-order valence-corrected chi connectivity index (χ2v) is 6.44. The predicted molar refractivity (Wildman–Crippen MR) is 111 cm³/mol. The number of ether oxygens (including phenoxy) is 1. The van der Waals surface area contributed by atoms with Crippen molar-refractivity contribution in [3.05, 3.63) is 76.6 Å². The molecule has 0 saturated carbocycles. The Morgan fingerprint density at radius 3 is 2.48 bits per heavy atom. The fourth-order valence-electron chi connectivity index (χ4n) is 3.10. The van der Waals surface area contributed by atoms with Crippen molar-refractivity contribution < 1.29 is 9.84 Å². The van der Waals surface area contributed by atoms with Crippen molar-refractivity contribution in [1.29, 1.82) is 0 Å². The van der Waals surface area contributed by atoms with Crippen LogP contribution in [0.2, 0.25) is 0 Å². The number of benzene rings is 2. The number of pyridine rings is 1. The van der Waals surface area contributed by atoms with Crippen LogP contribution in [0.15, 0.2) is 65.5 Å². The number of halogens is 1. The number of para-hydroxylation sites is 1. The maximum Gasteiger partial charge on any atom is 0.253 e. The Morgan fingerprint density at radius 2 is 1.78 bits per heavy atom. The molecule has 0 aliphatic rings. The van der Waals surface area contributed by atoms with Crippen LogP contribution in [-0.2, 0) is 6.42 Å². The number of aliphatic hydroxyl groups is 1. The quantitative estimate of drug-likeness (QED) is 0.652. The number of hydrogen-bond donors (Lipinski definition) is 2. The lowest BCUT2D eigenvalue weighted by molar-refractivity contribution is 0.101. The minimum atomic E-state index is -0.924. The highest BCUT2D eigenvalue weighted by atomic mass is 35.5. The van der Waals surface area contributed by atoms with E-state index >= 15 is 0 Å². The molecule has 5 nitrogen and oxygen atoms in total. The molecular formula is C21H25ClN2O3. The summed E-state index contributed by atoms with van der Waals surface area (Å²) in [7, 11) is 1.65. The zero-order chi connectivity index (χ0) is 18.5. The summed E-state index contributed by atoms with van der Waals surface area (Å²) in [5, 5.41) is 14.8. The maximum absolute atomic E-state index is 12.2. The van der Waals surface area contributed by atoms with Gasteiger partial charge in [0.05, 0.1) is 12.6 Å². The summed E-state index contributed by atoms with van der Waals surface area (Å²) in [5.41, 5.74) is 1.71. The SMILES string of the molecule is COc1ccc(C[C@@H](C)NC[C@@H](O)n2c(=O)ccc3ccccc32)cc1.Cl. The molecule has 1 aromatic heterocycles.